The van der Waals surface area contributed by atoms with E-state index in [0.29, 0.717) is 36.4 Å². The van der Waals surface area contributed by atoms with Crippen LogP contribution in [0.15, 0.2) is 24.3 Å². The number of aromatic nitrogens is 3. The molecule has 1 heterocycles. The van der Waals surface area contributed by atoms with Crippen LogP contribution in [0.3, 0.4) is 0 Å². The first-order chi connectivity index (χ1) is 11.5. The second-order valence-electron chi connectivity index (χ2n) is 6.07. The lowest BCUT2D eigenvalue weighted by Crippen LogP contribution is -2.28. The van der Waals surface area contributed by atoms with Gasteiger partial charge < -0.3 is 15.8 Å². The monoisotopic (exact) mass is 367 g/mol. The Bertz CT molecular complexity index is 657. The molecule has 1 aromatic carbocycles. The Kier molecular flexibility index (Phi) is 8.54. The minimum absolute atomic E-state index is 0. The van der Waals surface area contributed by atoms with Crippen molar-refractivity contribution in [1.82, 2.24) is 15.2 Å². The van der Waals surface area contributed by atoms with Crippen molar-refractivity contribution in [3.63, 3.8) is 0 Å². The van der Waals surface area contributed by atoms with Crippen LogP contribution in [0.5, 0.6) is 0 Å². The molecule has 0 bridgehead atoms. The number of carbonyl (C=O) groups excluding carboxylic acids is 1. The van der Waals surface area contributed by atoms with Gasteiger partial charge in [0.2, 0.25) is 0 Å². The van der Waals surface area contributed by atoms with Crippen molar-refractivity contribution in [2.24, 2.45) is 11.7 Å². The number of hydrogen-bond donors (Lipinski definition) is 3. The van der Waals surface area contributed by atoms with E-state index < -0.39 is 6.10 Å². The molecule has 7 nitrogen and oxygen atoms in total. The Morgan fingerprint density at radius 1 is 1.28 bits per heavy atom. The topological polar surface area (TPSA) is 106 Å². The molecule has 4 N–H and O–H groups in total. The van der Waals surface area contributed by atoms with Crippen LogP contribution >= 0.6 is 12.4 Å². The molecule has 1 atom stereocenters. The van der Waals surface area contributed by atoms with Gasteiger partial charge in [-0.25, -0.2) is 4.98 Å². The van der Waals surface area contributed by atoms with Gasteiger partial charge in [-0.2, -0.15) is 5.10 Å². The molecular weight excluding hydrogens is 342 g/mol. The number of nitrogens with one attached hydrogen (secondary N) is 2. The van der Waals surface area contributed by atoms with Gasteiger partial charge in [0.25, 0.3) is 5.91 Å². The van der Waals surface area contributed by atoms with Gasteiger partial charge in [0.1, 0.15) is 11.9 Å². The van der Waals surface area contributed by atoms with E-state index >= 15 is 0 Å². The maximum absolute atomic E-state index is 12.1. The third kappa shape index (κ3) is 6.45. The summed E-state index contributed by atoms with van der Waals surface area (Å²) in [4.78, 5) is 16.4. The molecule has 1 aromatic heterocycles. The Morgan fingerprint density at radius 3 is 2.52 bits per heavy atom. The summed E-state index contributed by atoms with van der Waals surface area (Å²) in [6.45, 7) is 6.90. The van der Waals surface area contributed by atoms with Crippen LogP contribution in [0, 0.1) is 5.92 Å². The zero-order chi connectivity index (χ0) is 17.5. The highest BCUT2D eigenvalue weighted by molar-refractivity contribution is 5.94. The molecule has 1 amide bonds. The molecular formula is C17H26ClN5O2. The Labute approximate surface area is 154 Å². The number of H-pyrrole nitrogens is 1. The first-order valence-electron chi connectivity index (χ1n) is 8.14. The van der Waals surface area contributed by atoms with E-state index in [2.05, 4.69) is 34.3 Å². The van der Waals surface area contributed by atoms with Gasteiger partial charge in [-0.1, -0.05) is 13.8 Å². The van der Waals surface area contributed by atoms with E-state index in [4.69, 9.17) is 10.5 Å². The summed E-state index contributed by atoms with van der Waals surface area (Å²) in [5.74, 6) is 1.62. The molecule has 0 radical (unpaired) electrons. The van der Waals surface area contributed by atoms with Gasteiger partial charge in [-0.3, -0.25) is 9.89 Å². The summed E-state index contributed by atoms with van der Waals surface area (Å²) in [5.41, 5.74) is 7.06. The van der Waals surface area contributed by atoms with E-state index in [9.17, 15) is 4.79 Å². The first kappa shape index (κ1) is 21.1. The number of ether oxygens (including phenoxy) is 1. The molecule has 0 aliphatic rings. The van der Waals surface area contributed by atoms with Crippen molar-refractivity contribution >= 4 is 24.0 Å². The molecule has 0 aliphatic carbocycles. The summed E-state index contributed by atoms with van der Waals surface area (Å²) in [6, 6.07) is 7.33. The van der Waals surface area contributed by atoms with Crippen molar-refractivity contribution in [3.05, 3.63) is 30.1 Å². The van der Waals surface area contributed by atoms with Crippen LogP contribution in [0.25, 0.3) is 11.4 Å². The van der Waals surface area contributed by atoms with Crippen molar-refractivity contribution in [2.75, 3.05) is 11.9 Å². The number of anilines is 1. The number of hydrogen-bond acceptors (Lipinski definition) is 5. The standard InChI is InChI=1S/C17H25N5O2.ClH/c1-11(2)8-9-24-12(3)17(23)19-14-6-4-13(5-7-14)16-20-15(10-18)21-22-16;/h4-7,11-12H,8-10,18H2,1-3H3,(H,19,23)(H,20,21,22);1H. The summed E-state index contributed by atoms with van der Waals surface area (Å²) in [7, 11) is 0. The number of nitrogens with zero attached hydrogens (tertiary/aromatic N) is 2. The highest BCUT2D eigenvalue weighted by Gasteiger charge is 2.14. The van der Waals surface area contributed by atoms with Gasteiger partial charge >= 0.3 is 0 Å². The number of halogens is 1. The van der Waals surface area contributed by atoms with E-state index in [0.717, 1.165) is 12.0 Å². The molecule has 8 heteroatoms. The predicted octanol–water partition coefficient (Wildman–Crippen LogP) is 2.74. The lowest BCUT2D eigenvalue weighted by molar-refractivity contribution is -0.126. The lowest BCUT2D eigenvalue weighted by atomic mass is 10.1. The predicted molar refractivity (Wildman–Crippen MR) is 100 cm³/mol. The summed E-state index contributed by atoms with van der Waals surface area (Å²) >= 11 is 0. The third-order valence-electron chi connectivity index (χ3n) is 3.57. The normalized spacial score (nSPS) is 11.9. The first-order valence-corrected chi connectivity index (χ1v) is 8.14. The maximum atomic E-state index is 12.1. The van der Waals surface area contributed by atoms with Gasteiger partial charge in [0, 0.05) is 17.9 Å². The number of aromatic amines is 1. The van der Waals surface area contributed by atoms with Crippen LogP contribution in [0.4, 0.5) is 5.69 Å². The number of carbonyl (C=O) groups is 1. The highest BCUT2D eigenvalue weighted by Crippen LogP contribution is 2.18. The quantitative estimate of drug-likeness (QED) is 0.665. The number of amides is 1. The minimum Gasteiger partial charge on any atom is -0.369 e. The van der Waals surface area contributed by atoms with Crippen LogP contribution in [0.2, 0.25) is 0 Å². The average Bonchev–Trinajstić information content (AvgIpc) is 3.04. The van der Waals surface area contributed by atoms with E-state index in [1.165, 1.54) is 0 Å². The molecule has 1 unspecified atom stereocenters. The van der Waals surface area contributed by atoms with E-state index in [1.807, 2.05) is 24.3 Å². The lowest BCUT2D eigenvalue weighted by Gasteiger charge is -2.14. The van der Waals surface area contributed by atoms with Gasteiger partial charge in [0.05, 0.1) is 6.54 Å². The van der Waals surface area contributed by atoms with Gasteiger partial charge in [-0.05, 0) is 43.5 Å². The number of benzene rings is 1. The zero-order valence-electron chi connectivity index (χ0n) is 14.8. The van der Waals surface area contributed by atoms with Crippen LogP contribution < -0.4 is 11.1 Å². The molecule has 2 rings (SSSR count). The van der Waals surface area contributed by atoms with Crippen LogP contribution in [0.1, 0.15) is 33.0 Å². The summed E-state index contributed by atoms with van der Waals surface area (Å²) < 4.78 is 5.55. The molecule has 138 valence electrons. The van der Waals surface area contributed by atoms with Crippen LogP contribution in [-0.4, -0.2) is 33.8 Å². The zero-order valence-corrected chi connectivity index (χ0v) is 15.6. The van der Waals surface area contributed by atoms with Crippen molar-refractivity contribution in [3.8, 4) is 11.4 Å². The SMILES string of the molecule is CC(C)CCOC(C)C(=O)Nc1ccc(-c2n[nH]c(CN)n2)cc1.Cl. The second-order valence-corrected chi connectivity index (χ2v) is 6.07. The second kappa shape index (κ2) is 10.1. The Hall–Kier alpha value is -1.96. The highest BCUT2D eigenvalue weighted by atomic mass is 35.5. The minimum atomic E-state index is -0.483. The molecule has 2 aromatic rings. The fraction of sp³-hybridized carbons (Fsp3) is 0.471. The van der Waals surface area contributed by atoms with Crippen LogP contribution in [-0.2, 0) is 16.1 Å². The largest absolute Gasteiger partial charge is 0.369 e. The fourth-order valence-electron chi connectivity index (χ4n) is 2.02. The van der Waals surface area contributed by atoms with Crippen molar-refractivity contribution < 1.29 is 9.53 Å². The Morgan fingerprint density at radius 2 is 1.96 bits per heavy atom. The molecule has 25 heavy (non-hydrogen) atoms. The van der Waals surface area contributed by atoms with Gasteiger partial charge in [-0.15, -0.1) is 12.4 Å². The van der Waals surface area contributed by atoms with Crippen molar-refractivity contribution in [1.29, 1.82) is 0 Å². The molecule has 0 saturated carbocycles. The number of nitrogens with two attached hydrogens (primary N) is 1. The fourth-order valence-corrected chi connectivity index (χ4v) is 2.02. The summed E-state index contributed by atoms with van der Waals surface area (Å²) in [5, 5.41) is 9.71. The van der Waals surface area contributed by atoms with E-state index in [1.54, 1.807) is 6.92 Å². The Balaban J connectivity index is 0.00000312. The third-order valence-corrected chi connectivity index (χ3v) is 3.57. The summed E-state index contributed by atoms with van der Waals surface area (Å²) in [6.07, 6.45) is 0.455. The molecule has 0 saturated heterocycles. The van der Waals surface area contributed by atoms with Gasteiger partial charge in [0.15, 0.2) is 5.82 Å². The van der Waals surface area contributed by atoms with Crippen molar-refractivity contribution in [2.45, 2.75) is 39.8 Å². The molecule has 0 spiro atoms. The molecule has 0 aliphatic heterocycles. The molecule has 0 fully saturated rings. The number of rotatable bonds is 8. The maximum Gasteiger partial charge on any atom is 0.253 e. The average molecular weight is 368 g/mol. The van der Waals surface area contributed by atoms with E-state index in [-0.39, 0.29) is 18.3 Å². The smallest absolute Gasteiger partial charge is 0.253 e.